The monoisotopic (exact) mass is 228 g/mol. The first-order chi connectivity index (χ1) is 7.04. The average Bonchev–Trinajstić information content (AvgIpc) is 2.22. The predicted molar refractivity (Wildman–Crippen MR) is 53.8 cm³/mol. The van der Waals surface area contributed by atoms with E-state index in [-0.39, 0.29) is 12.2 Å². The van der Waals surface area contributed by atoms with Crippen molar-refractivity contribution in [2.75, 3.05) is 7.11 Å². The van der Waals surface area contributed by atoms with Gasteiger partial charge >= 0.3 is 5.97 Å². The number of halogens is 1. The first kappa shape index (κ1) is 11.5. The molecule has 80 valence electrons. The number of rotatable bonds is 3. The molecule has 1 aromatic rings. The molecule has 0 aliphatic carbocycles. The van der Waals surface area contributed by atoms with Gasteiger partial charge in [-0.05, 0) is 23.8 Å². The third-order valence-electron chi connectivity index (χ3n) is 1.79. The molecule has 0 saturated heterocycles. The Labute approximate surface area is 91.4 Å². The fraction of sp³-hybridized carbons (Fsp3) is 0.200. The largest absolute Gasteiger partial charge is 0.508 e. The minimum absolute atomic E-state index is 0.00735. The number of hydrogen-bond acceptors (Lipinski definition) is 4. The van der Waals surface area contributed by atoms with E-state index in [4.69, 9.17) is 16.7 Å². The van der Waals surface area contributed by atoms with Crippen molar-refractivity contribution in [2.24, 2.45) is 0 Å². The molecule has 0 aliphatic heterocycles. The van der Waals surface area contributed by atoms with E-state index in [1.807, 2.05) is 0 Å². The molecule has 1 rings (SSSR count). The Morgan fingerprint density at radius 3 is 2.73 bits per heavy atom. The van der Waals surface area contributed by atoms with Gasteiger partial charge in [0.25, 0.3) is 0 Å². The zero-order valence-corrected chi connectivity index (χ0v) is 8.75. The Bertz CT molecular complexity index is 400. The average molecular weight is 229 g/mol. The Hall–Kier alpha value is -1.55. The van der Waals surface area contributed by atoms with Crippen LogP contribution in [0.4, 0.5) is 0 Å². The van der Waals surface area contributed by atoms with E-state index in [0.29, 0.717) is 10.6 Å². The third-order valence-corrected chi connectivity index (χ3v) is 2.16. The standard InChI is InChI=1S/C10H9ClO4/c1-15-10(14)9(13)5-6-4-7(12)2-3-8(6)11/h2-4,12H,5H2,1H3. The van der Waals surface area contributed by atoms with Gasteiger partial charge in [-0.1, -0.05) is 11.6 Å². The second-order valence-corrected chi connectivity index (χ2v) is 3.27. The number of benzene rings is 1. The molecule has 0 fully saturated rings. The van der Waals surface area contributed by atoms with Crippen molar-refractivity contribution in [3.8, 4) is 5.75 Å². The number of carbonyl (C=O) groups is 2. The van der Waals surface area contributed by atoms with Crippen LogP contribution in [0.15, 0.2) is 18.2 Å². The van der Waals surface area contributed by atoms with Crippen LogP contribution in [-0.2, 0) is 20.7 Å². The van der Waals surface area contributed by atoms with Crippen molar-refractivity contribution < 1.29 is 19.4 Å². The zero-order chi connectivity index (χ0) is 11.4. The number of aromatic hydroxyl groups is 1. The van der Waals surface area contributed by atoms with Crippen molar-refractivity contribution in [3.63, 3.8) is 0 Å². The molecule has 0 amide bonds. The quantitative estimate of drug-likeness (QED) is 0.626. The van der Waals surface area contributed by atoms with Gasteiger partial charge in [0.15, 0.2) is 0 Å². The van der Waals surface area contributed by atoms with Gasteiger partial charge in [0, 0.05) is 11.4 Å². The highest BCUT2D eigenvalue weighted by Crippen LogP contribution is 2.21. The highest BCUT2D eigenvalue weighted by atomic mass is 35.5. The molecular formula is C10H9ClO4. The van der Waals surface area contributed by atoms with Gasteiger partial charge in [-0.15, -0.1) is 0 Å². The van der Waals surface area contributed by atoms with E-state index in [0.717, 1.165) is 7.11 Å². The number of Topliss-reactive ketones (excluding diaryl/α,β-unsaturated/α-hetero) is 1. The summed E-state index contributed by atoms with van der Waals surface area (Å²) in [4.78, 5) is 22.0. The fourth-order valence-electron chi connectivity index (χ4n) is 1.06. The first-order valence-corrected chi connectivity index (χ1v) is 4.51. The number of ether oxygens (including phenoxy) is 1. The molecule has 1 N–H and O–H groups in total. The molecule has 4 nitrogen and oxygen atoms in total. The van der Waals surface area contributed by atoms with E-state index in [1.54, 1.807) is 0 Å². The molecule has 0 saturated carbocycles. The van der Waals surface area contributed by atoms with Crippen LogP contribution in [0.2, 0.25) is 5.02 Å². The summed E-state index contributed by atoms with van der Waals surface area (Å²) in [6, 6.07) is 4.19. The molecule has 0 spiro atoms. The lowest BCUT2D eigenvalue weighted by Crippen LogP contribution is -2.17. The SMILES string of the molecule is COC(=O)C(=O)Cc1cc(O)ccc1Cl. The number of carbonyl (C=O) groups excluding carboxylic acids is 2. The molecule has 0 unspecified atom stereocenters. The van der Waals surface area contributed by atoms with E-state index in [1.165, 1.54) is 18.2 Å². The minimum Gasteiger partial charge on any atom is -0.508 e. The van der Waals surface area contributed by atoms with Gasteiger partial charge in [0.2, 0.25) is 5.78 Å². The van der Waals surface area contributed by atoms with Crippen LogP contribution < -0.4 is 0 Å². The Kier molecular flexibility index (Phi) is 3.68. The highest BCUT2D eigenvalue weighted by molar-refractivity contribution is 6.35. The summed E-state index contributed by atoms with van der Waals surface area (Å²) < 4.78 is 4.26. The normalized spacial score (nSPS) is 9.73. The topological polar surface area (TPSA) is 63.6 Å². The van der Waals surface area contributed by atoms with Crippen molar-refractivity contribution in [1.82, 2.24) is 0 Å². The molecule has 0 atom stereocenters. The summed E-state index contributed by atoms with van der Waals surface area (Å²) >= 11 is 5.77. The van der Waals surface area contributed by atoms with E-state index in [2.05, 4.69) is 4.74 Å². The van der Waals surface area contributed by atoms with Crippen LogP contribution in [0.3, 0.4) is 0 Å². The van der Waals surface area contributed by atoms with Gasteiger partial charge < -0.3 is 9.84 Å². The smallest absolute Gasteiger partial charge is 0.374 e. The van der Waals surface area contributed by atoms with Crippen molar-refractivity contribution in [1.29, 1.82) is 0 Å². The first-order valence-electron chi connectivity index (χ1n) is 4.13. The summed E-state index contributed by atoms with van der Waals surface area (Å²) in [5.41, 5.74) is 0.395. The number of hydrogen-bond donors (Lipinski definition) is 1. The number of phenols is 1. The second kappa shape index (κ2) is 4.79. The maximum atomic E-state index is 11.2. The Morgan fingerprint density at radius 2 is 2.13 bits per heavy atom. The lowest BCUT2D eigenvalue weighted by Gasteiger charge is -2.03. The number of phenolic OH excluding ortho intramolecular Hbond substituents is 1. The minimum atomic E-state index is -0.922. The molecule has 15 heavy (non-hydrogen) atoms. The van der Waals surface area contributed by atoms with Crippen molar-refractivity contribution >= 4 is 23.4 Å². The van der Waals surface area contributed by atoms with Gasteiger partial charge in [0.05, 0.1) is 7.11 Å². The zero-order valence-electron chi connectivity index (χ0n) is 7.99. The predicted octanol–water partition coefficient (Wildman–Crippen LogP) is 1.33. The van der Waals surface area contributed by atoms with Crippen LogP contribution >= 0.6 is 11.6 Å². The molecule has 0 bridgehead atoms. The fourth-order valence-corrected chi connectivity index (χ4v) is 1.24. The highest BCUT2D eigenvalue weighted by Gasteiger charge is 2.16. The van der Waals surface area contributed by atoms with Crippen LogP contribution in [0.5, 0.6) is 5.75 Å². The molecular weight excluding hydrogens is 220 g/mol. The van der Waals surface area contributed by atoms with Crippen LogP contribution in [-0.4, -0.2) is 24.0 Å². The van der Waals surface area contributed by atoms with Gasteiger partial charge in [-0.25, -0.2) is 4.79 Å². The molecule has 5 heteroatoms. The molecule has 0 aromatic heterocycles. The number of esters is 1. The van der Waals surface area contributed by atoms with E-state index in [9.17, 15) is 9.59 Å². The van der Waals surface area contributed by atoms with E-state index < -0.39 is 11.8 Å². The molecule has 1 aromatic carbocycles. The van der Waals surface area contributed by atoms with Crippen molar-refractivity contribution in [3.05, 3.63) is 28.8 Å². The maximum absolute atomic E-state index is 11.2. The number of methoxy groups -OCH3 is 1. The Balaban J connectivity index is 2.85. The van der Waals surface area contributed by atoms with E-state index >= 15 is 0 Å². The van der Waals surface area contributed by atoms with Gasteiger partial charge in [0.1, 0.15) is 5.75 Å². The third kappa shape index (κ3) is 2.95. The second-order valence-electron chi connectivity index (χ2n) is 2.87. The van der Waals surface area contributed by atoms with Crippen LogP contribution in [0, 0.1) is 0 Å². The summed E-state index contributed by atoms with van der Waals surface area (Å²) in [6.07, 6.45) is -0.181. The van der Waals surface area contributed by atoms with Gasteiger partial charge in [-0.2, -0.15) is 0 Å². The summed E-state index contributed by atoms with van der Waals surface area (Å²) in [5, 5.41) is 9.48. The molecule has 0 radical (unpaired) electrons. The number of ketones is 1. The van der Waals surface area contributed by atoms with Crippen molar-refractivity contribution in [2.45, 2.75) is 6.42 Å². The molecule has 0 heterocycles. The van der Waals surface area contributed by atoms with Crippen LogP contribution in [0.1, 0.15) is 5.56 Å². The lowest BCUT2D eigenvalue weighted by atomic mass is 10.1. The Morgan fingerprint density at radius 1 is 1.47 bits per heavy atom. The van der Waals surface area contributed by atoms with Gasteiger partial charge in [-0.3, -0.25) is 4.79 Å². The summed E-state index contributed by atoms with van der Waals surface area (Å²) in [5.74, 6) is -1.63. The summed E-state index contributed by atoms with van der Waals surface area (Å²) in [6.45, 7) is 0. The summed E-state index contributed by atoms with van der Waals surface area (Å²) in [7, 11) is 1.13. The molecule has 0 aliphatic rings. The lowest BCUT2D eigenvalue weighted by molar-refractivity contribution is -0.151. The maximum Gasteiger partial charge on any atom is 0.374 e. The van der Waals surface area contributed by atoms with Crippen LogP contribution in [0.25, 0.3) is 0 Å².